The lowest BCUT2D eigenvalue weighted by Crippen LogP contribution is -2.15. The van der Waals surface area contributed by atoms with E-state index in [1.165, 1.54) is 36.4 Å². The Bertz CT molecular complexity index is 1160. The normalized spacial score (nSPS) is 10.8. The molecule has 0 saturated carbocycles. The Hall–Kier alpha value is -2.89. The van der Waals surface area contributed by atoms with Gasteiger partial charge in [0.2, 0.25) is 5.91 Å². The standard InChI is InChI=1S/C19H16Cl2FN5O4S/c1-2-26-17(9-31-12-4-6-15(22)14(21)8-12)24-25-19(26)32-10-18(28)23-11-3-5-13(20)16(7-11)27(29)30/h3-8H,2,9-10H2,1H3,(H,23,28). The summed E-state index contributed by atoms with van der Waals surface area (Å²) in [5, 5.41) is 22.2. The fourth-order valence-electron chi connectivity index (χ4n) is 2.62. The molecule has 0 bridgehead atoms. The number of nitro benzene ring substituents is 1. The van der Waals surface area contributed by atoms with E-state index in [4.69, 9.17) is 27.9 Å². The average Bonchev–Trinajstić information content (AvgIpc) is 3.16. The zero-order valence-corrected chi connectivity index (χ0v) is 18.9. The highest BCUT2D eigenvalue weighted by Crippen LogP contribution is 2.28. The number of hydrogen-bond acceptors (Lipinski definition) is 7. The molecule has 1 heterocycles. The fourth-order valence-corrected chi connectivity index (χ4v) is 3.80. The van der Waals surface area contributed by atoms with Crippen LogP contribution in [0.1, 0.15) is 12.7 Å². The number of nitrogens with one attached hydrogen (secondary N) is 1. The number of carbonyl (C=O) groups excluding carboxylic acids is 1. The number of hydrogen-bond donors (Lipinski definition) is 1. The third kappa shape index (κ3) is 5.87. The number of ether oxygens (including phenoxy) is 1. The molecule has 0 unspecified atom stereocenters. The zero-order chi connectivity index (χ0) is 23.3. The molecule has 3 aromatic rings. The summed E-state index contributed by atoms with van der Waals surface area (Å²) in [5.74, 6) is -0.0167. The van der Waals surface area contributed by atoms with E-state index < -0.39 is 10.7 Å². The summed E-state index contributed by atoms with van der Waals surface area (Å²) in [4.78, 5) is 22.6. The van der Waals surface area contributed by atoms with Crippen LogP contribution in [0, 0.1) is 15.9 Å². The SMILES string of the molecule is CCn1c(COc2ccc(F)c(Cl)c2)nnc1SCC(=O)Nc1ccc(Cl)c([N+](=O)[O-])c1. The summed E-state index contributed by atoms with van der Waals surface area (Å²) in [6.07, 6.45) is 0. The minimum Gasteiger partial charge on any atom is -0.486 e. The average molecular weight is 500 g/mol. The Morgan fingerprint density at radius 2 is 2.03 bits per heavy atom. The van der Waals surface area contributed by atoms with E-state index in [1.807, 2.05) is 6.92 Å². The van der Waals surface area contributed by atoms with Gasteiger partial charge in [-0.05, 0) is 31.2 Å². The van der Waals surface area contributed by atoms with Gasteiger partial charge in [0.05, 0.1) is 15.7 Å². The van der Waals surface area contributed by atoms with Crippen LogP contribution in [0.4, 0.5) is 15.8 Å². The lowest BCUT2D eigenvalue weighted by atomic mass is 10.3. The van der Waals surface area contributed by atoms with Crippen LogP contribution in [0.15, 0.2) is 41.6 Å². The molecule has 0 aliphatic heterocycles. The van der Waals surface area contributed by atoms with Gasteiger partial charge < -0.3 is 14.6 Å². The van der Waals surface area contributed by atoms with E-state index in [-0.39, 0.29) is 39.7 Å². The molecule has 32 heavy (non-hydrogen) atoms. The highest BCUT2D eigenvalue weighted by Gasteiger charge is 2.16. The van der Waals surface area contributed by atoms with E-state index in [2.05, 4.69) is 15.5 Å². The summed E-state index contributed by atoms with van der Waals surface area (Å²) in [7, 11) is 0. The zero-order valence-electron chi connectivity index (χ0n) is 16.5. The van der Waals surface area contributed by atoms with Crippen molar-refractivity contribution in [2.24, 2.45) is 0 Å². The molecule has 0 radical (unpaired) electrons. The number of nitrogens with zero attached hydrogens (tertiary/aromatic N) is 4. The minimum atomic E-state index is -0.625. The first-order valence-corrected chi connectivity index (χ1v) is 10.9. The van der Waals surface area contributed by atoms with Crippen molar-refractivity contribution in [3.63, 3.8) is 0 Å². The van der Waals surface area contributed by atoms with Gasteiger partial charge >= 0.3 is 0 Å². The molecule has 0 fully saturated rings. The topological polar surface area (TPSA) is 112 Å². The number of nitro groups is 1. The minimum absolute atomic E-state index is 0.00296. The second-order valence-corrected chi connectivity index (χ2v) is 8.02. The number of halogens is 3. The van der Waals surface area contributed by atoms with Gasteiger partial charge in [-0.15, -0.1) is 10.2 Å². The van der Waals surface area contributed by atoms with Crippen LogP contribution in [-0.4, -0.2) is 31.3 Å². The van der Waals surface area contributed by atoms with Gasteiger partial charge in [-0.2, -0.15) is 0 Å². The van der Waals surface area contributed by atoms with Crippen molar-refractivity contribution in [3.8, 4) is 5.75 Å². The molecule has 0 spiro atoms. The lowest BCUT2D eigenvalue weighted by molar-refractivity contribution is -0.384. The van der Waals surface area contributed by atoms with E-state index in [0.29, 0.717) is 23.3 Å². The van der Waals surface area contributed by atoms with Gasteiger partial charge in [-0.25, -0.2) is 4.39 Å². The first-order chi connectivity index (χ1) is 15.3. The summed E-state index contributed by atoms with van der Waals surface area (Å²) in [6.45, 7) is 2.49. The van der Waals surface area contributed by atoms with E-state index >= 15 is 0 Å². The monoisotopic (exact) mass is 499 g/mol. The van der Waals surface area contributed by atoms with Gasteiger partial charge in [0, 0.05) is 24.4 Å². The van der Waals surface area contributed by atoms with E-state index in [9.17, 15) is 19.3 Å². The third-order valence-electron chi connectivity index (χ3n) is 4.13. The number of benzene rings is 2. The van der Waals surface area contributed by atoms with Crippen molar-refractivity contribution in [2.75, 3.05) is 11.1 Å². The van der Waals surface area contributed by atoms with Gasteiger partial charge in [0.1, 0.15) is 23.2 Å². The maximum atomic E-state index is 13.3. The van der Waals surface area contributed by atoms with Crippen LogP contribution >= 0.6 is 35.0 Å². The lowest BCUT2D eigenvalue weighted by Gasteiger charge is -2.09. The number of amides is 1. The van der Waals surface area contributed by atoms with Crippen molar-refractivity contribution in [3.05, 3.63) is 68.2 Å². The maximum Gasteiger partial charge on any atom is 0.289 e. The number of thioether (sulfide) groups is 1. The summed E-state index contributed by atoms with van der Waals surface area (Å²) >= 11 is 12.7. The van der Waals surface area contributed by atoms with Crippen LogP contribution in [-0.2, 0) is 17.9 Å². The van der Waals surface area contributed by atoms with E-state index in [1.54, 1.807) is 4.57 Å². The van der Waals surface area contributed by atoms with Crippen LogP contribution < -0.4 is 10.1 Å². The van der Waals surface area contributed by atoms with Crippen LogP contribution in [0.5, 0.6) is 5.75 Å². The van der Waals surface area contributed by atoms with Crippen molar-refractivity contribution >= 4 is 52.2 Å². The molecule has 2 aromatic carbocycles. The van der Waals surface area contributed by atoms with Crippen molar-refractivity contribution in [1.29, 1.82) is 0 Å². The number of rotatable bonds is 9. The molecule has 0 saturated heterocycles. The molecule has 0 aliphatic carbocycles. The molecular weight excluding hydrogens is 484 g/mol. The molecule has 168 valence electrons. The molecule has 0 atom stereocenters. The molecular formula is C19H16Cl2FN5O4S. The van der Waals surface area contributed by atoms with Crippen molar-refractivity contribution < 1.29 is 18.8 Å². The summed E-state index contributed by atoms with van der Waals surface area (Å²) < 4.78 is 20.6. The predicted octanol–water partition coefficient (Wildman–Crippen LogP) is 4.96. The second-order valence-electron chi connectivity index (χ2n) is 6.27. The number of anilines is 1. The largest absolute Gasteiger partial charge is 0.486 e. The van der Waals surface area contributed by atoms with Gasteiger partial charge in [0.25, 0.3) is 5.69 Å². The number of aromatic nitrogens is 3. The quantitative estimate of drug-likeness (QED) is 0.251. The van der Waals surface area contributed by atoms with Gasteiger partial charge in [-0.3, -0.25) is 14.9 Å². The Balaban J connectivity index is 1.60. The summed E-state index contributed by atoms with van der Waals surface area (Å²) in [5.41, 5.74) is -0.0364. The first-order valence-electron chi connectivity index (χ1n) is 9.15. The van der Waals surface area contributed by atoms with Gasteiger partial charge in [-0.1, -0.05) is 35.0 Å². The molecule has 0 aliphatic rings. The van der Waals surface area contributed by atoms with Crippen LogP contribution in [0.3, 0.4) is 0 Å². The maximum absolute atomic E-state index is 13.3. The van der Waals surface area contributed by atoms with Gasteiger partial charge in [0.15, 0.2) is 11.0 Å². The molecule has 13 heteroatoms. The highest BCUT2D eigenvalue weighted by molar-refractivity contribution is 7.99. The fraction of sp³-hybridized carbons (Fsp3) is 0.211. The van der Waals surface area contributed by atoms with Crippen LogP contribution in [0.25, 0.3) is 0 Å². The molecule has 1 amide bonds. The Morgan fingerprint density at radius 1 is 1.25 bits per heavy atom. The Morgan fingerprint density at radius 3 is 2.72 bits per heavy atom. The first kappa shape index (κ1) is 23.8. The second kappa shape index (κ2) is 10.6. The Labute approximate surface area is 196 Å². The Kier molecular flexibility index (Phi) is 7.89. The highest BCUT2D eigenvalue weighted by atomic mass is 35.5. The van der Waals surface area contributed by atoms with Crippen molar-refractivity contribution in [1.82, 2.24) is 14.8 Å². The molecule has 1 N–H and O–H groups in total. The molecule has 1 aromatic heterocycles. The van der Waals surface area contributed by atoms with Crippen molar-refractivity contribution in [2.45, 2.75) is 25.2 Å². The van der Waals surface area contributed by atoms with E-state index in [0.717, 1.165) is 11.8 Å². The number of carbonyl (C=O) groups is 1. The predicted molar refractivity (Wildman–Crippen MR) is 119 cm³/mol. The van der Waals surface area contributed by atoms with Crippen LogP contribution in [0.2, 0.25) is 10.0 Å². The third-order valence-corrected chi connectivity index (χ3v) is 5.70. The summed E-state index contributed by atoms with van der Waals surface area (Å²) in [6, 6.07) is 8.04. The smallest absolute Gasteiger partial charge is 0.289 e. The molecule has 3 rings (SSSR count). The molecule has 9 nitrogen and oxygen atoms in total.